The quantitative estimate of drug-likeness (QED) is 0.796. The molecule has 0 amide bonds. The zero-order valence-corrected chi connectivity index (χ0v) is 11.1. The standard InChI is InChI=1S/C15H22N2O/c1-16-9-10-18-15(12-16)13-5-4-6-14(11-13)17-7-2-3-8-17/h4-6,11,15H,2-3,7-10,12H2,1H3. The zero-order valence-electron chi connectivity index (χ0n) is 11.1. The second-order valence-electron chi connectivity index (χ2n) is 5.41. The molecular formula is C15H22N2O. The Kier molecular flexibility index (Phi) is 3.52. The molecule has 18 heavy (non-hydrogen) atoms. The molecule has 1 aromatic carbocycles. The van der Waals surface area contributed by atoms with E-state index in [9.17, 15) is 0 Å². The molecule has 2 heterocycles. The van der Waals surface area contributed by atoms with Crippen LogP contribution < -0.4 is 4.90 Å². The van der Waals surface area contributed by atoms with Gasteiger partial charge in [0, 0.05) is 31.9 Å². The van der Waals surface area contributed by atoms with Crippen molar-refractivity contribution in [3.05, 3.63) is 29.8 Å². The minimum Gasteiger partial charge on any atom is -0.372 e. The predicted octanol–water partition coefficient (Wildman–Crippen LogP) is 2.29. The number of hydrogen-bond acceptors (Lipinski definition) is 3. The van der Waals surface area contributed by atoms with Crippen LogP contribution >= 0.6 is 0 Å². The van der Waals surface area contributed by atoms with Crippen molar-refractivity contribution in [1.82, 2.24) is 4.90 Å². The van der Waals surface area contributed by atoms with E-state index in [1.54, 1.807) is 0 Å². The van der Waals surface area contributed by atoms with Gasteiger partial charge in [0.05, 0.1) is 12.7 Å². The van der Waals surface area contributed by atoms with Crippen molar-refractivity contribution in [2.45, 2.75) is 18.9 Å². The number of likely N-dealkylation sites (N-methyl/N-ethyl adjacent to an activating group) is 1. The van der Waals surface area contributed by atoms with Gasteiger partial charge in [0.1, 0.15) is 0 Å². The molecule has 2 saturated heterocycles. The Hall–Kier alpha value is -1.06. The molecule has 1 atom stereocenters. The second kappa shape index (κ2) is 5.29. The monoisotopic (exact) mass is 246 g/mol. The fourth-order valence-corrected chi connectivity index (χ4v) is 2.88. The fraction of sp³-hybridized carbons (Fsp3) is 0.600. The zero-order chi connectivity index (χ0) is 12.4. The summed E-state index contributed by atoms with van der Waals surface area (Å²) in [6.07, 6.45) is 2.89. The van der Waals surface area contributed by atoms with Crippen molar-refractivity contribution in [1.29, 1.82) is 0 Å². The molecule has 0 saturated carbocycles. The molecule has 0 aromatic heterocycles. The molecule has 2 fully saturated rings. The molecule has 2 aliphatic heterocycles. The lowest BCUT2D eigenvalue weighted by Crippen LogP contribution is -2.35. The van der Waals surface area contributed by atoms with Crippen LogP contribution in [0.3, 0.4) is 0 Å². The molecule has 3 nitrogen and oxygen atoms in total. The highest BCUT2D eigenvalue weighted by Crippen LogP contribution is 2.27. The van der Waals surface area contributed by atoms with Crippen molar-refractivity contribution >= 4 is 5.69 Å². The molecule has 0 spiro atoms. The Morgan fingerprint density at radius 3 is 2.78 bits per heavy atom. The van der Waals surface area contributed by atoms with Gasteiger partial charge in [-0.3, -0.25) is 0 Å². The van der Waals surface area contributed by atoms with Crippen molar-refractivity contribution in [2.75, 3.05) is 44.7 Å². The largest absolute Gasteiger partial charge is 0.372 e. The van der Waals surface area contributed by atoms with Gasteiger partial charge >= 0.3 is 0 Å². The maximum atomic E-state index is 5.89. The maximum absolute atomic E-state index is 5.89. The smallest absolute Gasteiger partial charge is 0.0953 e. The SMILES string of the molecule is CN1CCOC(c2cccc(N3CCCC3)c2)C1. The number of nitrogens with zero attached hydrogens (tertiary/aromatic N) is 2. The van der Waals surface area contributed by atoms with Gasteiger partial charge in [-0.15, -0.1) is 0 Å². The normalized spacial score (nSPS) is 25.6. The van der Waals surface area contributed by atoms with Crippen LogP contribution in [0.5, 0.6) is 0 Å². The van der Waals surface area contributed by atoms with Crippen LogP contribution in [0.1, 0.15) is 24.5 Å². The van der Waals surface area contributed by atoms with Gasteiger partial charge in [0.2, 0.25) is 0 Å². The van der Waals surface area contributed by atoms with E-state index in [4.69, 9.17) is 4.74 Å². The van der Waals surface area contributed by atoms with Gasteiger partial charge in [-0.1, -0.05) is 12.1 Å². The lowest BCUT2D eigenvalue weighted by Gasteiger charge is -2.31. The Bertz CT molecular complexity index is 401. The molecule has 3 rings (SSSR count). The van der Waals surface area contributed by atoms with E-state index in [2.05, 4.69) is 41.1 Å². The predicted molar refractivity (Wildman–Crippen MR) is 74.1 cm³/mol. The lowest BCUT2D eigenvalue weighted by atomic mass is 10.1. The third-order valence-electron chi connectivity index (χ3n) is 3.98. The third kappa shape index (κ3) is 2.52. The number of ether oxygens (including phenoxy) is 1. The summed E-state index contributed by atoms with van der Waals surface area (Å²) in [7, 11) is 2.17. The van der Waals surface area contributed by atoms with Gasteiger partial charge in [-0.2, -0.15) is 0 Å². The maximum Gasteiger partial charge on any atom is 0.0953 e. The van der Waals surface area contributed by atoms with Crippen molar-refractivity contribution in [2.24, 2.45) is 0 Å². The van der Waals surface area contributed by atoms with E-state index in [0.717, 1.165) is 19.7 Å². The van der Waals surface area contributed by atoms with E-state index in [-0.39, 0.29) is 6.10 Å². The minimum absolute atomic E-state index is 0.242. The number of morpholine rings is 1. The fourth-order valence-electron chi connectivity index (χ4n) is 2.88. The van der Waals surface area contributed by atoms with Crippen LogP contribution in [0.15, 0.2) is 24.3 Å². The first-order valence-electron chi connectivity index (χ1n) is 6.98. The van der Waals surface area contributed by atoms with Gasteiger partial charge < -0.3 is 14.5 Å². The molecule has 0 radical (unpaired) electrons. The minimum atomic E-state index is 0.242. The molecule has 1 aromatic rings. The van der Waals surface area contributed by atoms with Gasteiger partial charge in [0.25, 0.3) is 0 Å². The second-order valence-corrected chi connectivity index (χ2v) is 5.41. The highest BCUT2D eigenvalue weighted by Gasteiger charge is 2.20. The lowest BCUT2D eigenvalue weighted by molar-refractivity contribution is -0.0208. The first-order valence-corrected chi connectivity index (χ1v) is 6.98. The molecule has 3 heteroatoms. The first kappa shape index (κ1) is 12.0. The Balaban J connectivity index is 1.77. The number of hydrogen-bond donors (Lipinski definition) is 0. The molecule has 2 aliphatic rings. The van der Waals surface area contributed by atoms with Gasteiger partial charge in [-0.05, 0) is 37.6 Å². The summed E-state index contributed by atoms with van der Waals surface area (Å²) in [4.78, 5) is 4.83. The van der Waals surface area contributed by atoms with E-state index in [0.29, 0.717) is 0 Å². The molecule has 98 valence electrons. The van der Waals surface area contributed by atoms with Crippen LogP contribution in [0.25, 0.3) is 0 Å². The van der Waals surface area contributed by atoms with Crippen LogP contribution in [-0.2, 0) is 4.74 Å². The van der Waals surface area contributed by atoms with Crippen LogP contribution in [-0.4, -0.2) is 44.7 Å². The Morgan fingerprint density at radius 1 is 1.17 bits per heavy atom. The summed E-state index contributed by atoms with van der Waals surface area (Å²) in [5.74, 6) is 0. The molecule has 0 N–H and O–H groups in total. The number of anilines is 1. The average molecular weight is 246 g/mol. The van der Waals surface area contributed by atoms with Crippen LogP contribution in [0.2, 0.25) is 0 Å². The summed E-state index contributed by atoms with van der Waals surface area (Å²) < 4.78 is 5.89. The van der Waals surface area contributed by atoms with E-state index in [1.165, 1.54) is 37.2 Å². The Morgan fingerprint density at radius 2 is 2.00 bits per heavy atom. The molecule has 0 aliphatic carbocycles. The summed E-state index contributed by atoms with van der Waals surface area (Å²) in [5.41, 5.74) is 2.69. The van der Waals surface area contributed by atoms with Crippen molar-refractivity contribution < 1.29 is 4.74 Å². The summed E-state index contributed by atoms with van der Waals surface area (Å²) >= 11 is 0. The highest BCUT2D eigenvalue weighted by atomic mass is 16.5. The van der Waals surface area contributed by atoms with Crippen molar-refractivity contribution in [3.8, 4) is 0 Å². The van der Waals surface area contributed by atoms with Gasteiger partial charge in [-0.25, -0.2) is 0 Å². The highest BCUT2D eigenvalue weighted by molar-refractivity contribution is 5.49. The summed E-state index contributed by atoms with van der Waals surface area (Å²) in [5, 5.41) is 0. The van der Waals surface area contributed by atoms with Crippen molar-refractivity contribution in [3.63, 3.8) is 0 Å². The van der Waals surface area contributed by atoms with E-state index >= 15 is 0 Å². The topological polar surface area (TPSA) is 15.7 Å². The Labute approximate surface area is 109 Å². The van der Waals surface area contributed by atoms with E-state index < -0.39 is 0 Å². The van der Waals surface area contributed by atoms with Crippen LogP contribution in [0.4, 0.5) is 5.69 Å². The van der Waals surface area contributed by atoms with Gasteiger partial charge in [0.15, 0.2) is 0 Å². The summed E-state index contributed by atoms with van der Waals surface area (Å²) in [6.45, 7) is 5.30. The molecule has 0 bridgehead atoms. The third-order valence-corrected chi connectivity index (χ3v) is 3.98. The number of rotatable bonds is 2. The van der Waals surface area contributed by atoms with Crippen LogP contribution in [0, 0.1) is 0 Å². The first-order chi connectivity index (χ1) is 8.83. The molecule has 1 unspecified atom stereocenters. The average Bonchev–Trinajstić information content (AvgIpc) is 2.93. The molecular weight excluding hydrogens is 224 g/mol. The summed E-state index contributed by atoms with van der Waals surface area (Å²) in [6, 6.07) is 8.90. The number of benzene rings is 1. The van der Waals surface area contributed by atoms with E-state index in [1.807, 2.05) is 0 Å².